The number of nitrogens with one attached hydrogen (secondary N) is 3. The minimum absolute atomic E-state index is 0.101. The molecule has 2 aromatic carbocycles. The zero-order valence-electron chi connectivity index (χ0n) is 29.6. The van der Waals surface area contributed by atoms with Crippen LogP contribution in [0.3, 0.4) is 0 Å². The summed E-state index contributed by atoms with van der Waals surface area (Å²) in [5, 5.41) is 10.2. The highest BCUT2D eigenvalue weighted by atomic mass is 35.5. The van der Waals surface area contributed by atoms with E-state index in [0.29, 0.717) is 63.6 Å². The quantitative estimate of drug-likeness (QED) is 0.155. The van der Waals surface area contributed by atoms with Crippen LogP contribution >= 0.6 is 23.2 Å². The summed E-state index contributed by atoms with van der Waals surface area (Å²) in [6.45, 7) is 5.73. The van der Waals surface area contributed by atoms with Crippen LogP contribution in [0.5, 0.6) is 5.75 Å². The van der Waals surface area contributed by atoms with Gasteiger partial charge in [0, 0.05) is 99.5 Å². The average Bonchev–Trinajstić information content (AvgIpc) is 3.73. The smallest absolute Gasteiger partial charge is 0.291 e. The van der Waals surface area contributed by atoms with Gasteiger partial charge in [-0.1, -0.05) is 47.5 Å². The number of hydrogen-bond acceptors (Lipinski definition) is 8. The number of amides is 2. The first-order valence-electron chi connectivity index (χ1n) is 18.1. The maximum Gasteiger partial charge on any atom is 0.291 e. The van der Waals surface area contributed by atoms with Crippen LogP contribution < -0.4 is 20.7 Å². The number of hydrogen-bond donors (Lipinski definition) is 3. The highest BCUT2D eigenvalue weighted by Gasteiger charge is 2.27. The molecule has 3 aliphatic heterocycles. The van der Waals surface area contributed by atoms with Crippen LogP contribution in [0.2, 0.25) is 10.0 Å². The zero-order valence-corrected chi connectivity index (χ0v) is 31.2. The monoisotopic (exact) mass is 745 g/mol. The number of pyridine rings is 1. The average molecular weight is 747 g/mol. The van der Waals surface area contributed by atoms with Crippen molar-refractivity contribution in [3.8, 4) is 28.1 Å². The van der Waals surface area contributed by atoms with Crippen LogP contribution in [0.1, 0.15) is 59.7 Å². The minimum atomic E-state index is -0.319. The van der Waals surface area contributed by atoms with E-state index < -0.39 is 0 Å². The number of anilines is 1. The maximum atomic E-state index is 13.7. The molecule has 4 aromatic rings. The first-order valence-corrected chi connectivity index (χ1v) is 18.8. The third-order valence-corrected chi connectivity index (χ3v) is 11.3. The molecule has 1 atom stereocenters. The number of methoxy groups -OCH3 is 1. The lowest BCUT2D eigenvalue weighted by Gasteiger charge is -2.29. The van der Waals surface area contributed by atoms with Gasteiger partial charge in [-0.15, -0.1) is 0 Å². The van der Waals surface area contributed by atoms with Crippen LogP contribution in [0.15, 0.2) is 48.7 Å². The van der Waals surface area contributed by atoms with Gasteiger partial charge in [-0.05, 0) is 56.3 Å². The molecule has 0 saturated carbocycles. The van der Waals surface area contributed by atoms with Crippen molar-refractivity contribution in [1.82, 2.24) is 30.1 Å². The van der Waals surface area contributed by atoms with Crippen molar-refractivity contribution in [3.63, 3.8) is 0 Å². The van der Waals surface area contributed by atoms with Crippen molar-refractivity contribution in [3.05, 3.63) is 81.5 Å². The van der Waals surface area contributed by atoms with E-state index in [9.17, 15) is 9.59 Å². The number of aromatic nitrogens is 3. The Morgan fingerprint density at radius 1 is 1.08 bits per heavy atom. The largest absolute Gasteiger partial charge is 0.496 e. The number of nitrogens with zero attached hydrogens (tertiary/aromatic N) is 4. The summed E-state index contributed by atoms with van der Waals surface area (Å²) in [6, 6.07) is 13.3. The number of carbonyl (C=O) groups is 2. The summed E-state index contributed by atoms with van der Waals surface area (Å²) in [4.78, 5) is 37.0. The molecular weight excluding hydrogens is 701 g/mol. The van der Waals surface area contributed by atoms with Crippen LogP contribution in [-0.2, 0) is 36.1 Å². The third kappa shape index (κ3) is 7.99. The molecule has 13 heteroatoms. The Balaban J connectivity index is 1.04. The normalized spacial score (nSPS) is 17.9. The summed E-state index contributed by atoms with van der Waals surface area (Å²) in [5.41, 5.74) is 6.22. The molecule has 2 aromatic heterocycles. The number of fused-ring (bicyclic) bond motifs is 1. The van der Waals surface area contributed by atoms with E-state index in [-0.39, 0.29) is 17.9 Å². The van der Waals surface area contributed by atoms with Gasteiger partial charge in [0.1, 0.15) is 5.75 Å². The van der Waals surface area contributed by atoms with Crippen LogP contribution in [0, 0.1) is 5.92 Å². The topological polar surface area (TPSA) is 123 Å². The van der Waals surface area contributed by atoms with Crippen LogP contribution in [0.25, 0.3) is 22.4 Å². The molecule has 2 fully saturated rings. The molecule has 11 nitrogen and oxygen atoms in total. The fourth-order valence-electron chi connectivity index (χ4n) is 7.49. The SMILES string of the molecule is COc1cc(-c2nccc(-c3cccc(NC(=O)c4nc5c(n4C)CCN(CCC4CCOCC4)C5)c3Cl)c2Cl)ccc1CNCC1CCC(=O)N1. The summed E-state index contributed by atoms with van der Waals surface area (Å²) >= 11 is 14.0. The molecule has 0 bridgehead atoms. The summed E-state index contributed by atoms with van der Waals surface area (Å²) in [6.07, 6.45) is 7.40. The van der Waals surface area contributed by atoms with Gasteiger partial charge in [-0.25, -0.2) is 4.98 Å². The first kappa shape index (κ1) is 36.4. The van der Waals surface area contributed by atoms with E-state index in [0.717, 1.165) is 87.0 Å². The molecule has 2 amide bonds. The highest BCUT2D eigenvalue weighted by Crippen LogP contribution is 2.41. The number of halogens is 2. The van der Waals surface area contributed by atoms with Gasteiger partial charge in [0.15, 0.2) is 5.82 Å². The summed E-state index contributed by atoms with van der Waals surface area (Å²) in [7, 11) is 3.54. The van der Waals surface area contributed by atoms with Gasteiger partial charge in [0.05, 0.1) is 34.2 Å². The van der Waals surface area contributed by atoms with Crippen molar-refractivity contribution in [2.75, 3.05) is 45.3 Å². The van der Waals surface area contributed by atoms with Crippen LogP contribution in [-0.4, -0.2) is 77.2 Å². The summed E-state index contributed by atoms with van der Waals surface area (Å²) in [5.74, 6) is 1.56. The van der Waals surface area contributed by atoms with Crippen molar-refractivity contribution < 1.29 is 19.1 Å². The predicted octanol–water partition coefficient (Wildman–Crippen LogP) is 6.26. The number of imidazole rings is 1. The Labute approximate surface area is 314 Å². The van der Waals surface area contributed by atoms with Gasteiger partial charge in [0.25, 0.3) is 5.91 Å². The number of rotatable bonds is 12. The standard InChI is InChI=1S/C39H45Cl2N7O4/c1-47-32-12-17-48(16-11-24-13-18-52-19-14-24)23-31(32)45-38(47)39(50)46-30-5-3-4-28(35(30)40)29-10-15-43-37(36(29)41)25-6-7-26(33(20-25)51-2)21-42-22-27-8-9-34(49)44-27/h3-7,10,15,20,24,27,42H,8-9,11-14,16-19,21-23H2,1-2H3,(H,44,49)(H,46,50). The molecule has 7 rings (SSSR count). The molecule has 3 N–H and O–H groups in total. The molecule has 1 unspecified atom stereocenters. The Kier molecular flexibility index (Phi) is 11.4. The molecule has 0 radical (unpaired) electrons. The lowest BCUT2D eigenvalue weighted by molar-refractivity contribution is -0.119. The van der Waals surface area contributed by atoms with Crippen molar-refractivity contribution in [1.29, 1.82) is 0 Å². The van der Waals surface area contributed by atoms with Crippen molar-refractivity contribution >= 4 is 40.7 Å². The van der Waals surface area contributed by atoms with Gasteiger partial charge in [-0.2, -0.15) is 0 Å². The van der Waals surface area contributed by atoms with Gasteiger partial charge < -0.3 is 30.0 Å². The maximum absolute atomic E-state index is 13.7. The lowest BCUT2D eigenvalue weighted by Crippen LogP contribution is -2.35. The van der Waals surface area contributed by atoms with Gasteiger partial charge >= 0.3 is 0 Å². The molecule has 0 spiro atoms. The van der Waals surface area contributed by atoms with E-state index >= 15 is 0 Å². The lowest BCUT2D eigenvalue weighted by atomic mass is 9.96. The van der Waals surface area contributed by atoms with E-state index in [4.69, 9.17) is 37.7 Å². The molecular formula is C39H45Cl2N7O4. The van der Waals surface area contributed by atoms with Crippen LogP contribution in [0.4, 0.5) is 5.69 Å². The predicted molar refractivity (Wildman–Crippen MR) is 203 cm³/mol. The second-order valence-corrected chi connectivity index (χ2v) is 14.6. The third-order valence-electron chi connectivity index (χ3n) is 10.5. The van der Waals surface area contributed by atoms with Gasteiger partial charge in [0.2, 0.25) is 5.91 Å². The fraction of sp³-hybridized carbons (Fsp3) is 0.436. The number of benzene rings is 2. The second-order valence-electron chi connectivity index (χ2n) is 13.9. The van der Waals surface area contributed by atoms with E-state index in [2.05, 4.69) is 25.8 Å². The Morgan fingerprint density at radius 3 is 2.69 bits per heavy atom. The molecule has 2 saturated heterocycles. The molecule has 3 aliphatic rings. The fourth-order valence-corrected chi connectivity index (χ4v) is 8.09. The molecule has 52 heavy (non-hydrogen) atoms. The first-order chi connectivity index (χ1) is 25.3. The summed E-state index contributed by atoms with van der Waals surface area (Å²) < 4.78 is 13.2. The minimum Gasteiger partial charge on any atom is -0.496 e. The Morgan fingerprint density at radius 2 is 1.90 bits per heavy atom. The Bertz CT molecular complexity index is 1940. The van der Waals surface area contributed by atoms with E-state index in [1.165, 1.54) is 6.42 Å². The van der Waals surface area contributed by atoms with Crippen molar-refractivity contribution in [2.24, 2.45) is 13.0 Å². The highest BCUT2D eigenvalue weighted by molar-refractivity contribution is 6.39. The van der Waals surface area contributed by atoms with E-state index in [1.54, 1.807) is 19.4 Å². The number of carbonyl (C=O) groups excluding carboxylic acids is 2. The van der Waals surface area contributed by atoms with Crippen molar-refractivity contribution in [2.45, 2.75) is 57.7 Å². The Hall–Kier alpha value is -4.00. The zero-order chi connectivity index (χ0) is 36.2. The molecule has 274 valence electrons. The molecule has 0 aliphatic carbocycles. The molecule has 5 heterocycles. The van der Waals surface area contributed by atoms with E-state index in [1.807, 2.05) is 48.0 Å². The van der Waals surface area contributed by atoms with Gasteiger partial charge in [-0.3, -0.25) is 19.5 Å². The second kappa shape index (κ2) is 16.3. The number of ether oxygens (including phenoxy) is 2.